The maximum absolute atomic E-state index is 12.5. The van der Waals surface area contributed by atoms with Crippen LogP contribution in [-0.2, 0) is 19.1 Å². The summed E-state index contributed by atoms with van der Waals surface area (Å²) in [7, 11) is 0. The van der Waals surface area contributed by atoms with Crippen molar-refractivity contribution in [2.24, 2.45) is 5.73 Å². The second-order valence-corrected chi connectivity index (χ2v) is 7.76. The Morgan fingerprint density at radius 1 is 1.23 bits per heavy atom. The minimum atomic E-state index is -0.675. The largest absolute Gasteiger partial charge is 0.368 e. The van der Waals surface area contributed by atoms with Crippen LogP contribution in [0.4, 0.5) is 17.3 Å². The number of anilines is 2. The third kappa shape index (κ3) is 4.23. The molecule has 2 amide bonds. The lowest BCUT2D eigenvalue weighted by atomic mass is 10.0. The molecule has 3 saturated heterocycles. The summed E-state index contributed by atoms with van der Waals surface area (Å²) in [4.78, 5) is 46.9. The molecule has 1 aromatic rings. The highest BCUT2D eigenvalue weighted by Crippen LogP contribution is 2.40. The van der Waals surface area contributed by atoms with E-state index in [2.05, 4.69) is 15.3 Å². The van der Waals surface area contributed by atoms with Crippen LogP contribution >= 0.6 is 0 Å². The number of carbonyl (C=O) groups excluding carboxylic acids is 2. The Morgan fingerprint density at radius 3 is 2.55 bits per heavy atom. The van der Waals surface area contributed by atoms with E-state index in [0.29, 0.717) is 58.5 Å². The molecule has 4 heterocycles. The van der Waals surface area contributed by atoms with Gasteiger partial charge in [0.1, 0.15) is 12.4 Å². The highest BCUT2D eigenvalue weighted by atomic mass is 16.7. The van der Waals surface area contributed by atoms with E-state index in [1.165, 1.54) is 6.33 Å². The average Bonchev–Trinajstić information content (AvgIpc) is 3.42. The van der Waals surface area contributed by atoms with Crippen LogP contribution in [0.1, 0.15) is 25.7 Å². The third-order valence-corrected chi connectivity index (χ3v) is 5.87. The Balaban J connectivity index is 1.58. The van der Waals surface area contributed by atoms with Gasteiger partial charge in [-0.25, -0.2) is 9.97 Å². The molecule has 1 unspecified atom stereocenters. The number of ether oxygens (including phenoxy) is 2. The van der Waals surface area contributed by atoms with Crippen LogP contribution in [-0.4, -0.2) is 77.9 Å². The summed E-state index contributed by atoms with van der Waals surface area (Å²) in [6.07, 6.45) is 3.58. The van der Waals surface area contributed by atoms with E-state index in [1.54, 1.807) is 4.90 Å². The number of hydrogen-bond acceptors (Lipinski definition) is 10. The van der Waals surface area contributed by atoms with Crippen molar-refractivity contribution in [3.8, 4) is 0 Å². The number of amides is 2. The molecule has 168 valence electrons. The molecule has 31 heavy (non-hydrogen) atoms. The smallest absolute Gasteiger partial charge is 0.353 e. The molecule has 0 radical (unpaired) electrons. The first-order chi connectivity index (χ1) is 14.9. The van der Waals surface area contributed by atoms with Gasteiger partial charge in [0.25, 0.3) is 0 Å². The molecular weight excluding hydrogens is 410 g/mol. The summed E-state index contributed by atoms with van der Waals surface area (Å²) in [5.74, 6) is -1.38. The van der Waals surface area contributed by atoms with Gasteiger partial charge in [0.05, 0.1) is 24.7 Å². The molecule has 13 nitrogen and oxygen atoms in total. The first-order valence-electron chi connectivity index (χ1n) is 10.3. The summed E-state index contributed by atoms with van der Waals surface area (Å²) < 4.78 is 11.5. The Labute approximate surface area is 178 Å². The molecule has 1 spiro atoms. The van der Waals surface area contributed by atoms with Crippen molar-refractivity contribution >= 4 is 29.1 Å². The molecule has 0 aromatic carbocycles. The van der Waals surface area contributed by atoms with Gasteiger partial charge in [0, 0.05) is 32.5 Å². The molecule has 0 saturated carbocycles. The van der Waals surface area contributed by atoms with Gasteiger partial charge in [-0.2, -0.15) is 0 Å². The van der Waals surface area contributed by atoms with Gasteiger partial charge in [-0.05, 0) is 12.8 Å². The van der Waals surface area contributed by atoms with Gasteiger partial charge in [0.15, 0.2) is 5.79 Å². The molecule has 1 atom stereocenters. The Morgan fingerprint density at radius 2 is 1.90 bits per heavy atom. The molecule has 3 N–H and O–H groups in total. The standard InChI is InChI=1S/C18H25N7O6/c19-13(26)10-20-17(27)12-2-1-5-24(12)16-14(25(28)29)15(21-11-22-16)23-6-3-18(4-7-23)30-8-9-31-18/h11-12H,1-10H2,(H2,19,26)(H,20,27). The number of piperidine rings is 1. The minimum absolute atomic E-state index is 0.0976. The molecule has 0 aliphatic carbocycles. The number of nitrogens with two attached hydrogens (primary N) is 1. The fourth-order valence-corrected chi connectivity index (χ4v) is 4.40. The predicted molar refractivity (Wildman–Crippen MR) is 107 cm³/mol. The van der Waals surface area contributed by atoms with Crippen LogP contribution in [0.5, 0.6) is 0 Å². The Kier molecular flexibility index (Phi) is 5.87. The van der Waals surface area contributed by atoms with E-state index in [-0.39, 0.29) is 23.9 Å². The lowest BCUT2D eigenvalue weighted by Gasteiger charge is -2.38. The van der Waals surface area contributed by atoms with E-state index in [9.17, 15) is 19.7 Å². The summed E-state index contributed by atoms with van der Waals surface area (Å²) >= 11 is 0. The fourth-order valence-electron chi connectivity index (χ4n) is 4.40. The molecule has 3 aliphatic heterocycles. The predicted octanol–water partition coefficient (Wildman–Crippen LogP) is -0.702. The zero-order chi connectivity index (χ0) is 22.0. The molecule has 4 rings (SSSR count). The van der Waals surface area contributed by atoms with Gasteiger partial charge in [-0.15, -0.1) is 0 Å². The van der Waals surface area contributed by atoms with Crippen molar-refractivity contribution in [3.05, 3.63) is 16.4 Å². The monoisotopic (exact) mass is 435 g/mol. The quantitative estimate of drug-likeness (QED) is 0.431. The van der Waals surface area contributed by atoms with Gasteiger partial charge in [0.2, 0.25) is 23.5 Å². The number of nitro groups is 1. The minimum Gasteiger partial charge on any atom is -0.368 e. The van der Waals surface area contributed by atoms with Crippen LogP contribution in [0, 0.1) is 10.1 Å². The lowest BCUT2D eigenvalue weighted by Crippen LogP contribution is -2.47. The second kappa shape index (κ2) is 8.59. The second-order valence-electron chi connectivity index (χ2n) is 7.76. The SMILES string of the molecule is NC(=O)CNC(=O)C1CCCN1c1ncnc(N2CCC3(CC2)OCCO3)c1[N+](=O)[O-]. The number of nitrogens with zero attached hydrogens (tertiary/aromatic N) is 5. The number of primary amides is 1. The third-order valence-electron chi connectivity index (χ3n) is 5.87. The zero-order valence-electron chi connectivity index (χ0n) is 17.0. The van der Waals surface area contributed by atoms with E-state index < -0.39 is 28.6 Å². The normalized spacial score (nSPS) is 22.6. The molecular formula is C18H25N7O6. The highest BCUT2D eigenvalue weighted by molar-refractivity contribution is 5.90. The van der Waals surface area contributed by atoms with Crippen molar-refractivity contribution < 1.29 is 24.0 Å². The van der Waals surface area contributed by atoms with E-state index in [4.69, 9.17) is 15.2 Å². The summed E-state index contributed by atoms with van der Waals surface area (Å²) in [5, 5.41) is 14.5. The van der Waals surface area contributed by atoms with Crippen LogP contribution in [0.15, 0.2) is 6.33 Å². The van der Waals surface area contributed by atoms with Crippen LogP contribution in [0.25, 0.3) is 0 Å². The number of rotatable bonds is 6. The van der Waals surface area contributed by atoms with Crippen molar-refractivity contribution in [1.29, 1.82) is 0 Å². The first-order valence-corrected chi connectivity index (χ1v) is 10.3. The average molecular weight is 435 g/mol. The summed E-state index contributed by atoms with van der Waals surface area (Å²) in [6.45, 7) is 2.20. The van der Waals surface area contributed by atoms with Crippen LogP contribution in [0.3, 0.4) is 0 Å². The van der Waals surface area contributed by atoms with Crippen molar-refractivity contribution in [3.63, 3.8) is 0 Å². The van der Waals surface area contributed by atoms with E-state index >= 15 is 0 Å². The summed E-state index contributed by atoms with van der Waals surface area (Å²) in [6, 6.07) is -0.675. The topological polar surface area (TPSA) is 166 Å². The van der Waals surface area contributed by atoms with Gasteiger partial charge < -0.3 is 30.3 Å². The van der Waals surface area contributed by atoms with Gasteiger partial charge >= 0.3 is 5.69 Å². The number of hydrogen-bond donors (Lipinski definition) is 2. The Hall–Kier alpha value is -3.06. The highest BCUT2D eigenvalue weighted by Gasteiger charge is 2.43. The molecule has 0 bridgehead atoms. The molecule has 3 aliphatic rings. The van der Waals surface area contributed by atoms with E-state index in [1.807, 2.05) is 4.90 Å². The lowest BCUT2D eigenvalue weighted by molar-refractivity contribution is -0.383. The van der Waals surface area contributed by atoms with Crippen molar-refractivity contribution in [2.45, 2.75) is 37.5 Å². The number of nitrogens with one attached hydrogen (secondary N) is 1. The molecule has 13 heteroatoms. The number of aromatic nitrogens is 2. The first kappa shape index (κ1) is 21.2. The maximum Gasteiger partial charge on any atom is 0.353 e. The van der Waals surface area contributed by atoms with Crippen molar-refractivity contribution in [2.75, 3.05) is 49.2 Å². The summed E-state index contributed by atoms with van der Waals surface area (Å²) in [5.41, 5.74) is 4.86. The zero-order valence-corrected chi connectivity index (χ0v) is 17.0. The maximum atomic E-state index is 12.5. The van der Waals surface area contributed by atoms with E-state index in [0.717, 1.165) is 0 Å². The molecule has 1 aromatic heterocycles. The van der Waals surface area contributed by atoms with Gasteiger partial charge in [-0.3, -0.25) is 19.7 Å². The number of carbonyl (C=O) groups is 2. The van der Waals surface area contributed by atoms with Crippen LogP contribution < -0.4 is 20.9 Å². The van der Waals surface area contributed by atoms with Crippen molar-refractivity contribution in [1.82, 2.24) is 15.3 Å². The fraction of sp³-hybridized carbons (Fsp3) is 0.667. The Bertz CT molecular complexity index is 865. The van der Waals surface area contributed by atoms with Gasteiger partial charge in [-0.1, -0.05) is 0 Å². The van der Waals surface area contributed by atoms with Crippen LogP contribution in [0.2, 0.25) is 0 Å². The molecule has 3 fully saturated rings.